The number of halogens is 1. The molecule has 5 nitrogen and oxygen atoms in total. The van der Waals surface area contributed by atoms with Crippen LogP contribution in [0.5, 0.6) is 5.75 Å². The van der Waals surface area contributed by atoms with E-state index >= 15 is 0 Å². The first-order valence-corrected chi connectivity index (χ1v) is 7.39. The number of nitrogens with one attached hydrogen (secondary N) is 1. The van der Waals surface area contributed by atoms with Crippen LogP contribution in [0.25, 0.3) is 0 Å². The Morgan fingerprint density at radius 3 is 2.48 bits per heavy atom. The molecule has 1 aromatic rings. The molecule has 0 aliphatic carbocycles. The summed E-state index contributed by atoms with van der Waals surface area (Å²) in [4.78, 5) is 23.1. The van der Waals surface area contributed by atoms with E-state index in [0.717, 1.165) is 0 Å². The molecule has 0 radical (unpaired) electrons. The number of benzene rings is 1. The van der Waals surface area contributed by atoms with E-state index in [1.165, 1.54) is 12.1 Å². The standard InChI is InChI=1S/C15H20BrNO4/c1-15(2,3)8-10(7-13(19)20)17-14(21)11-6-9(16)4-5-12(11)18/h4-6,10,18H,7-8H2,1-3H3,(H,17,21)(H,19,20). The van der Waals surface area contributed by atoms with Gasteiger partial charge in [-0.2, -0.15) is 0 Å². The Balaban J connectivity index is 2.89. The fourth-order valence-electron chi connectivity index (χ4n) is 2.08. The predicted molar refractivity (Wildman–Crippen MR) is 83.4 cm³/mol. The summed E-state index contributed by atoms with van der Waals surface area (Å²) in [5, 5.41) is 21.4. The highest BCUT2D eigenvalue weighted by atomic mass is 79.9. The Kier molecular flexibility index (Phi) is 5.78. The average Bonchev–Trinajstić information content (AvgIpc) is 2.28. The van der Waals surface area contributed by atoms with Gasteiger partial charge in [-0.05, 0) is 30.0 Å². The molecule has 1 amide bonds. The number of carbonyl (C=O) groups is 2. The largest absolute Gasteiger partial charge is 0.507 e. The van der Waals surface area contributed by atoms with Crippen LogP contribution in [0.1, 0.15) is 44.0 Å². The molecule has 0 heterocycles. The third kappa shape index (κ3) is 6.16. The molecule has 1 atom stereocenters. The van der Waals surface area contributed by atoms with E-state index in [9.17, 15) is 14.7 Å². The summed E-state index contributed by atoms with van der Waals surface area (Å²) in [5.74, 6) is -1.59. The smallest absolute Gasteiger partial charge is 0.305 e. The van der Waals surface area contributed by atoms with Gasteiger partial charge in [0.2, 0.25) is 0 Å². The number of aliphatic carboxylic acids is 1. The molecule has 3 N–H and O–H groups in total. The van der Waals surface area contributed by atoms with E-state index < -0.39 is 17.9 Å². The van der Waals surface area contributed by atoms with Crippen molar-refractivity contribution in [3.8, 4) is 5.75 Å². The molecule has 116 valence electrons. The zero-order valence-corrected chi connectivity index (χ0v) is 13.9. The summed E-state index contributed by atoms with van der Waals surface area (Å²) in [6, 6.07) is 4.04. The minimum absolute atomic E-state index is 0.118. The highest BCUT2D eigenvalue weighted by Gasteiger charge is 2.24. The molecule has 1 unspecified atom stereocenters. The molecule has 1 rings (SSSR count). The molecular formula is C15H20BrNO4. The van der Waals surface area contributed by atoms with Gasteiger partial charge < -0.3 is 15.5 Å². The van der Waals surface area contributed by atoms with Crippen molar-refractivity contribution in [3.05, 3.63) is 28.2 Å². The predicted octanol–water partition coefficient (Wildman–Crippen LogP) is 3.16. The zero-order chi connectivity index (χ0) is 16.2. The van der Waals surface area contributed by atoms with E-state index in [0.29, 0.717) is 10.9 Å². The summed E-state index contributed by atoms with van der Waals surface area (Å²) >= 11 is 3.23. The monoisotopic (exact) mass is 357 g/mol. The molecule has 0 aliphatic rings. The normalized spacial score (nSPS) is 12.8. The third-order valence-corrected chi connectivity index (χ3v) is 3.31. The molecule has 0 aliphatic heterocycles. The number of aromatic hydroxyl groups is 1. The fraction of sp³-hybridized carbons (Fsp3) is 0.467. The molecule has 0 bridgehead atoms. The molecule has 21 heavy (non-hydrogen) atoms. The van der Waals surface area contributed by atoms with Crippen LogP contribution < -0.4 is 5.32 Å². The fourth-order valence-corrected chi connectivity index (χ4v) is 2.44. The maximum atomic E-state index is 12.2. The molecule has 0 spiro atoms. The number of carboxylic acids is 1. The quantitative estimate of drug-likeness (QED) is 0.755. The molecular weight excluding hydrogens is 338 g/mol. The maximum absolute atomic E-state index is 12.2. The lowest BCUT2D eigenvalue weighted by Crippen LogP contribution is -2.39. The van der Waals surface area contributed by atoms with Crippen molar-refractivity contribution < 1.29 is 19.8 Å². The van der Waals surface area contributed by atoms with Crippen molar-refractivity contribution in [2.45, 2.75) is 39.7 Å². The Morgan fingerprint density at radius 1 is 1.33 bits per heavy atom. The van der Waals surface area contributed by atoms with Crippen molar-refractivity contribution in [2.75, 3.05) is 0 Å². The number of rotatable bonds is 5. The first-order valence-electron chi connectivity index (χ1n) is 6.59. The first-order chi connectivity index (χ1) is 9.58. The van der Waals surface area contributed by atoms with Gasteiger partial charge in [0.15, 0.2) is 0 Å². The number of amides is 1. The van der Waals surface area contributed by atoms with Crippen LogP contribution in [0.2, 0.25) is 0 Å². The Bertz CT molecular complexity index is 537. The van der Waals surface area contributed by atoms with Crippen molar-refractivity contribution in [3.63, 3.8) is 0 Å². The number of phenolic OH excluding ortho intramolecular Hbond substituents is 1. The van der Waals surface area contributed by atoms with Gasteiger partial charge in [0.25, 0.3) is 5.91 Å². The average molecular weight is 358 g/mol. The minimum atomic E-state index is -0.969. The molecule has 0 saturated heterocycles. The van der Waals surface area contributed by atoms with Crippen LogP contribution in [0.4, 0.5) is 0 Å². The lowest BCUT2D eigenvalue weighted by atomic mass is 9.87. The Morgan fingerprint density at radius 2 is 1.95 bits per heavy atom. The second-order valence-corrected chi connectivity index (χ2v) is 7.11. The van der Waals surface area contributed by atoms with Gasteiger partial charge in [0.05, 0.1) is 12.0 Å². The molecule has 0 fully saturated rings. The van der Waals surface area contributed by atoms with Crippen molar-refractivity contribution in [2.24, 2.45) is 5.41 Å². The maximum Gasteiger partial charge on any atom is 0.305 e. The lowest BCUT2D eigenvalue weighted by molar-refractivity contribution is -0.137. The summed E-state index contributed by atoms with van der Waals surface area (Å²) < 4.78 is 0.663. The molecule has 6 heteroatoms. The van der Waals surface area contributed by atoms with E-state index in [1.54, 1.807) is 6.07 Å². The van der Waals surface area contributed by atoms with Crippen molar-refractivity contribution in [1.82, 2.24) is 5.32 Å². The summed E-state index contributed by atoms with van der Waals surface area (Å²) in [6.45, 7) is 5.93. The molecule has 0 aromatic heterocycles. The number of hydrogen-bond donors (Lipinski definition) is 3. The third-order valence-electron chi connectivity index (χ3n) is 2.82. The minimum Gasteiger partial charge on any atom is -0.507 e. The number of hydrogen-bond acceptors (Lipinski definition) is 3. The van der Waals surface area contributed by atoms with Gasteiger partial charge in [0.1, 0.15) is 5.75 Å². The number of phenols is 1. The van der Waals surface area contributed by atoms with Crippen molar-refractivity contribution in [1.29, 1.82) is 0 Å². The van der Waals surface area contributed by atoms with Gasteiger partial charge in [0, 0.05) is 10.5 Å². The van der Waals surface area contributed by atoms with Gasteiger partial charge in [-0.1, -0.05) is 36.7 Å². The van der Waals surface area contributed by atoms with E-state index in [4.69, 9.17) is 5.11 Å². The van der Waals surface area contributed by atoms with E-state index in [2.05, 4.69) is 21.2 Å². The first kappa shape index (κ1) is 17.5. The highest BCUT2D eigenvalue weighted by Crippen LogP contribution is 2.24. The van der Waals surface area contributed by atoms with Gasteiger partial charge in [-0.3, -0.25) is 9.59 Å². The topological polar surface area (TPSA) is 86.6 Å². The highest BCUT2D eigenvalue weighted by molar-refractivity contribution is 9.10. The van der Waals surface area contributed by atoms with E-state index in [1.807, 2.05) is 20.8 Å². The Hall–Kier alpha value is -1.56. The van der Waals surface area contributed by atoms with Crippen LogP contribution in [0.3, 0.4) is 0 Å². The lowest BCUT2D eigenvalue weighted by Gasteiger charge is -2.26. The van der Waals surface area contributed by atoms with Crippen LogP contribution in [-0.4, -0.2) is 28.1 Å². The van der Waals surface area contributed by atoms with Crippen molar-refractivity contribution >= 4 is 27.8 Å². The molecule has 1 aromatic carbocycles. The SMILES string of the molecule is CC(C)(C)CC(CC(=O)O)NC(=O)c1cc(Br)ccc1O. The summed E-state index contributed by atoms with van der Waals surface area (Å²) in [7, 11) is 0. The summed E-state index contributed by atoms with van der Waals surface area (Å²) in [5.41, 5.74) is 0.000801. The van der Waals surface area contributed by atoms with Crippen LogP contribution in [0.15, 0.2) is 22.7 Å². The molecule has 0 saturated carbocycles. The summed E-state index contributed by atoms with van der Waals surface area (Å²) in [6.07, 6.45) is 0.373. The van der Waals surface area contributed by atoms with Crippen LogP contribution in [-0.2, 0) is 4.79 Å². The van der Waals surface area contributed by atoms with Gasteiger partial charge in [-0.15, -0.1) is 0 Å². The van der Waals surface area contributed by atoms with Crippen LogP contribution >= 0.6 is 15.9 Å². The second-order valence-electron chi connectivity index (χ2n) is 6.19. The zero-order valence-electron chi connectivity index (χ0n) is 12.3. The van der Waals surface area contributed by atoms with Crippen LogP contribution in [0, 0.1) is 5.41 Å². The second kappa shape index (κ2) is 6.93. The number of carboxylic acid groups (broad SMARTS) is 1. The Labute approximate surface area is 132 Å². The van der Waals surface area contributed by atoms with Gasteiger partial charge >= 0.3 is 5.97 Å². The van der Waals surface area contributed by atoms with E-state index in [-0.39, 0.29) is 23.1 Å². The van der Waals surface area contributed by atoms with Gasteiger partial charge in [-0.25, -0.2) is 0 Å². The number of carbonyl (C=O) groups excluding carboxylic acids is 1.